The van der Waals surface area contributed by atoms with Crippen molar-refractivity contribution in [2.45, 2.75) is 19.4 Å². The van der Waals surface area contributed by atoms with E-state index in [1.807, 2.05) is 29.7 Å². The van der Waals surface area contributed by atoms with Crippen LogP contribution in [-0.4, -0.2) is 15.4 Å². The highest BCUT2D eigenvalue weighted by molar-refractivity contribution is 9.10. The molecule has 0 bridgehead atoms. The van der Waals surface area contributed by atoms with E-state index in [1.54, 1.807) is 0 Å². The summed E-state index contributed by atoms with van der Waals surface area (Å²) in [4.78, 5) is 4.42. The van der Waals surface area contributed by atoms with E-state index >= 15 is 0 Å². The first kappa shape index (κ1) is 10.4. The van der Waals surface area contributed by atoms with Gasteiger partial charge in [0.2, 0.25) is 0 Å². The number of aromatic nitrogens is 2. The minimum Gasteiger partial charge on any atom is -0.398 e. The van der Waals surface area contributed by atoms with Crippen LogP contribution < -0.4 is 11.5 Å². The highest BCUT2D eigenvalue weighted by Gasteiger charge is 2.10. The maximum absolute atomic E-state index is 5.76. The Labute approximate surface area is 96.4 Å². The molecular weight excluding hydrogens is 256 g/mol. The average molecular weight is 269 g/mol. The molecule has 2 heterocycles. The van der Waals surface area contributed by atoms with Crippen LogP contribution in [0.3, 0.4) is 0 Å². The number of hydrogen-bond donors (Lipinski definition) is 2. The van der Waals surface area contributed by atoms with Crippen LogP contribution in [0.25, 0.3) is 5.52 Å². The van der Waals surface area contributed by atoms with Crippen molar-refractivity contribution in [3.8, 4) is 0 Å². The molecule has 4 nitrogen and oxygen atoms in total. The molecule has 0 fully saturated rings. The monoisotopic (exact) mass is 268 g/mol. The molecule has 0 aliphatic carbocycles. The second-order valence-electron chi connectivity index (χ2n) is 3.72. The maximum Gasteiger partial charge on any atom is 0.132 e. The van der Waals surface area contributed by atoms with Gasteiger partial charge in [-0.25, -0.2) is 4.98 Å². The Balaban J connectivity index is 2.59. The standard InChI is InChI=1S/C10H13BrN4/c1-6(12)4-9-14-10(11)8-3-2-7(13)5-15(8)9/h2-3,5-6H,4,12-13H2,1H3. The largest absolute Gasteiger partial charge is 0.398 e. The van der Waals surface area contributed by atoms with Gasteiger partial charge in [0, 0.05) is 24.3 Å². The maximum atomic E-state index is 5.76. The molecule has 0 aliphatic rings. The first-order valence-electron chi connectivity index (χ1n) is 4.75. The van der Waals surface area contributed by atoms with Crippen LogP contribution in [-0.2, 0) is 6.42 Å². The minimum atomic E-state index is 0.0870. The first-order chi connectivity index (χ1) is 7.08. The Kier molecular flexibility index (Phi) is 2.67. The summed E-state index contributed by atoms with van der Waals surface area (Å²) in [6, 6.07) is 3.89. The van der Waals surface area contributed by atoms with Gasteiger partial charge in [-0.1, -0.05) is 0 Å². The molecule has 0 aliphatic heterocycles. The van der Waals surface area contributed by atoms with Crippen LogP contribution >= 0.6 is 15.9 Å². The lowest BCUT2D eigenvalue weighted by molar-refractivity contribution is 0.699. The Morgan fingerprint density at radius 2 is 2.27 bits per heavy atom. The van der Waals surface area contributed by atoms with Crippen molar-refractivity contribution >= 4 is 27.1 Å². The molecule has 2 rings (SSSR count). The summed E-state index contributed by atoms with van der Waals surface area (Å²) >= 11 is 3.42. The molecule has 0 aromatic carbocycles. The van der Waals surface area contributed by atoms with Crippen LogP contribution in [0.2, 0.25) is 0 Å². The number of fused-ring (bicyclic) bond motifs is 1. The van der Waals surface area contributed by atoms with Gasteiger partial charge in [-0.3, -0.25) is 0 Å². The molecule has 1 unspecified atom stereocenters. The zero-order chi connectivity index (χ0) is 11.0. The van der Waals surface area contributed by atoms with E-state index in [-0.39, 0.29) is 6.04 Å². The van der Waals surface area contributed by atoms with E-state index in [0.717, 1.165) is 28.1 Å². The van der Waals surface area contributed by atoms with Gasteiger partial charge in [0.1, 0.15) is 10.4 Å². The number of pyridine rings is 1. The lowest BCUT2D eigenvalue weighted by Gasteiger charge is -2.04. The Hall–Kier alpha value is -1.07. The van der Waals surface area contributed by atoms with E-state index in [1.165, 1.54) is 0 Å². The number of nitrogen functional groups attached to an aromatic ring is 1. The molecule has 2 aromatic rings. The summed E-state index contributed by atoms with van der Waals surface area (Å²) in [5.74, 6) is 0.930. The van der Waals surface area contributed by atoms with E-state index in [0.29, 0.717) is 0 Å². The molecule has 0 saturated carbocycles. The molecule has 5 heteroatoms. The van der Waals surface area contributed by atoms with Gasteiger partial charge in [-0.05, 0) is 35.0 Å². The Bertz CT molecular complexity index is 489. The third kappa shape index (κ3) is 1.98. The van der Waals surface area contributed by atoms with Gasteiger partial charge < -0.3 is 15.9 Å². The van der Waals surface area contributed by atoms with Crippen molar-refractivity contribution in [1.29, 1.82) is 0 Å². The molecule has 2 aromatic heterocycles. The lowest BCUT2D eigenvalue weighted by Crippen LogP contribution is -2.19. The van der Waals surface area contributed by atoms with E-state index in [2.05, 4.69) is 20.9 Å². The van der Waals surface area contributed by atoms with E-state index in [4.69, 9.17) is 11.5 Å². The highest BCUT2D eigenvalue weighted by atomic mass is 79.9. The second-order valence-corrected chi connectivity index (χ2v) is 4.47. The molecule has 4 N–H and O–H groups in total. The molecule has 80 valence electrons. The van der Waals surface area contributed by atoms with Crippen LogP contribution in [0, 0.1) is 0 Å². The van der Waals surface area contributed by atoms with Gasteiger partial charge in [-0.15, -0.1) is 0 Å². The predicted molar refractivity (Wildman–Crippen MR) is 64.7 cm³/mol. The number of nitrogens with two attached hydrogens (primary N) is 2. The van der Waals surface area contributed by atoms with Crippen molar-refractivity contribution in [2.24, 2.45) is 5.73 Å². The summed E-state index contributed by atoms with van der Waals surface area (Å²) in [5, 5.41) is 0. The number of anilines is 1. The highest BCUT2D eigenvalue weighted by Crippen LogP contribution is 2.20. The quantitative estimate of drug-likeness (QED) is 0.869. The number of hydrogen-bond acceptors (Lipinski definition) is 3. The summed E-state index contributed by atoms with van der Waals surface area (Å²) < 4.78 is 2.81. The van der Waals surface area contributed by atoms with Gasteiger partial charge in [0.05, 0.1) is 5.52 Å². The van der Waals surface area contributed by atoms with Gasteiger partial charge in [0.15, 0.2) is 0 Å². The smallest absolute Gasteiger partial charge is 0.132 e. The summed E-state index contributed by atoms with van der Waals surface area (Å²) in [5.41, 5.74) is 13.2. The van der Waals surface area contributed by atoms with Crippen LogP contribution in [0.15, 0.2) is 22.9 Å². The number of rotatable bonds is 2. The molecule has 0 spiro atoms. The topological polar surface area (TPSA) is 69.3 Å². The second kappa shape index (κ2) is 3.83. The first-order valence-corrected chi connectivity index (χ1v) is 5.55. The van der Waals surface area contributed by atoms with Crippen molar-refractivity contribution in [3.05, 3.63) is 28.8 Å². The summed E-state index contributed by atoms with van der Waals surface area (Å²) in [6.45, 7) is 1.96. The molecule has 0 radical (unpaired) electrons. The van der Waals surface area contributed by atoms with Crippen LogP contribution in [0.4, 0.5) is 5.69 Å². The fourth-order valence-electron chi connectivity index (χ4n) is 1.56. The lowest BCUT2D eigenvalue weighted by atomic mass is 10.2. The third-order valence-corrected chi connectivity index (χ3v) is 2.78. The number of imidazole rings is 1. The fraction of sp³-hybridized carbons (Fsp3) is 0.300. The SMILES string of the molecule is CC(N)Cc1nc(Br)c2ccc(N)cn12. The minimum absolute atomic E-state index is 0.0870. The van der Waals surface area contributed by atoms with Gasteiger partial charge >= 0.3 is 0 Å². The van der Waals surface area contributed by atoms with Crippen LogP contribution in [0.5, 0.6) is 0 Å². The predicted octanol–water partition coefficient (Wildman–Crippen LogP) is 1.57. The molecule has 15 heavy (non-hydrogen) atoms. The molecule has 1 atom stereocenters. The number of nitrogens with zero attached hydrogens (tertiary/aromatic N) is 2. The Morgan fingerprint density at radius 1 is 1.53 bits per heavy atom. The molecule has 0 saturated heterocycles. The normalized spacial score (nSPS) is 13.3. The van der Waals surface area contributed by atoms with Crippen molar-refractivity contribution in [1.82, 2.24) is 9.38 Å². The third-order valence-electron chi connectivity index (χ3n) is 2.19. The van der Waals surface area contributed by atoms with Crippen molar-refractivity contribution in [2.75, 3.05) is 5.73 Å². The van der Waals surface area contributed by atoms with E-state index in [9.17, 15) is 0 Å². The van der Waals surface area contributed by atoms with Gasteiger partial charge in [-0.2, -0.15) is 0 Å². The fourth-order valence-corrected chi connectivity index (χ4v) is 2.08. The zero-order valence-corrected chi connectivity index (χ0v) is 10.0. The summed E-state index contributed by atoms with van der Waals surface area (Å²) in [6.07, 6.45) is 2.60. The summed E-state index contributed by atoms with van der Waals surface area (Å²) in [7, 11) is 0. The molecule has 0 amide bonds. The van der Waals surface area contributed by atoms with Crippen molar-refractivity contribution in [3.63, 3.8) is 0 Å². The van der Waals surface area contributed by atoms with Crippen molar-refractivity contribution < 1.29 is 0 Å². The Morgan fingerprint density at radius 3 is 2.93 bits per heavy atom. The van der Waals surface area contributed by atoms with Gasteiger partial charge in [0.25, 0.3) is 0 Å². The average Bonchev–Trinajstić information content (AvgIpc) is 2.42. The van der Waals surface area contributed by atoms with E-state index < -0.39 is 0 Å². The number of halogens is 1. The van der Waals surface area contributed by atoms with Crippen LogP contribution in [0.1, 0.15) is 12.7 Å². The zero-order valence-electron chi connectivity index (χ0n) is 8.44. The molecular formula is C10H13BrN4.